The van der Waals surface area contributed by atoms with Gasteiger partial charge in [-0.25, -0.2) is 0 Å². The number of nitrogens with one attached hydrogen (secondary N) is 2. The van der Waals surface area contributed by atoms with Crippen molar-refractivity contribution in [3.05, 3.63) is 35.0 Å². The van der Waals surface area contributed by atoms with Crippen LogP contribution in [0.3, 0.4) is 0 Å². The van der Waals surface area contributed by atoms with E-state index in [0.29, 0.717) is 6.54 Å². The zero-order valence-corrected chi connectivity index (χ0v) is 14.3. The molecule has 0 saturated carbocycles. The highest BCUT2D eigenvalue weighted by atomic mass is 32.1. The maximum Gasteiger partial charge on any atom is 0.261 e. The van der Waals surface area contributed by atoms with Crippen LogP contribution < -0.4 is 10.6 Å². The van der Waals surface area contributed by atoms with Gasteiger partial charge in [-0.1, -0.05) is 12.1 Å². The summed E-state index contributed by atoms with van der Waals surface area (Å²) < 4.78 is 0. The van der Waals surface area contributed by atoms with Crippen LogP contribution in [0.25, 0.3) is 0 Å². The number of amides is 1. The van der Waals surface area contributed by atoms with E-state index in [4.69, 9.17) is 0 Å². The molecule has 1 heterocycles. The first-order chi connectivity index (χ1) is 10.7. The Bertz CT molecular complexity index is 471. The van der Waals surface area contributed by atoms with Crippen LogP contribution in [0.2, 0.25) is 0 Å². The van der Waals surface area contributed by atoms with Gasteiger partial charge in [-0.2, -0.15) is 0 Å². The first kappa shape index (κ1) is 18.2. The van der Waals surface area contributed by atoms with Crippen molar-refractivity contribution in [2.45, 2.75) is 19.3 Å². The molecule has 0 aliphatic rings. The quantitative estimate of drug-likeness (QED) is 0.317. The number of carbonyl (C=O) groups is 1. The van der Waals surface area contributed by atoms with Crippen LogP contribution >= 0.6 is 11.3 Å². The van der Waals surface area contributed by atoms with E-state index in [1.807, 2.05) is 30.6 Å². The standard InChI is InChI=1S/C16H26N4OS/c1-4-5-6-12-20(3)16(17-2)19-11-8-10-18-15(21)14-9-7-13-22-14/h4,7,9,13H,1,5-6,8,10-12H2,2-3H3,(H,17,19)(H,18,21). The Hall–Kier alpha value is -1.82. The minimum Gasteiger partial charge on any atom is -0.356 e. The van der Waals surface area contributed by atoms with Gasteiger partial charge in [0.15, 0.2) is 5.96 Å². The molecule has 1 rings (SSSR count). The number of rotatable bonds is 9. The molecule has 5 nitrogen and oxygen atoms in total. The van der Waals surface area contributed by atoms with E-state index in [0.717, 1.165) is 43.2 Å². The van der Waals surface area contributed by atoms with Crippen molar-refractivity contribution >= 4 is 23.2 Å². The van der Waals surface area contributed by atoms with Crippen molar-refractivity contribution < 1.29 is 4.79 Å². The van der Waals surface area contributed by atoms with Crippen LogP contribution in [-0.4, -0.2) is 50.5 Å². The molecule has 0 aliphatic carbocycles. The van der Waals surface area contributed by atoms with Crippen LogP contribution in [0.15, 0.2) is 35.2 Å². The zero-order valence-electron chi connectivity index (χ0n) is 13.5. The predicted molar refractivity (Wildman–Crippen MR) is 94.7 cm³/mol. The molecule has 0 saturated heterocycles. The van der Waals surface area contributed by atoms with Gasteiger partial charge in [-0.3, -0.25) is 9.79 Å². The largest absolute Gasteiger partial charge is 0.356 e. The number of aliphatic imine (C=N–C) groups is 1. The molecule has 122 valence electrons. The molecule has 22 heavy (non-hydrogen) atoms. The van der Waals surface area contributed by atoms with E-state index in [1.54, 1.807) is 7.05 Å². The number of thiophene rings is 1. The molecule has 0 fully saturated rings. The lowest BCUT2D eigenvalue weighted by Gasteiger charge is -2.21. The normalized spacial score (nSPS) is 11.1. The fourth-order valence-corrected chi connectivity index (χ4v) is 2.59. The van der Waals surface area contributed by atoms with Gasteiger partial charge in [0.05, 0.1) is 4.88 Å². The van der Waals surface area contributed by atoms with Gasteiger partial charge in [-0.15, -0.1) is 17.9 Å². The molecule has 0 bridgehead atoms. The van der Waals surface area contributed by atoms with Crippen LogP contribution in [0, 0.1) is 0 Å². The van der Waals surface area contributed by atoms with Crippen molar-refractivity contribution in [2.75, 3.05) is 33.7 Å². The summed E-state index contributed by atoms with van der Waals surface area (Å²) in [6, 6.07) is 3.71. The van der Waals surface area contributed by atoms with Gasteiger partial charge in [0, 0.05) is 33.7 Å². The van der Waals surface area contributed by atoms with Crippen LogP contribution in [0.5, 0.6) is 0 Å². The second kappa shape index (κ2) is 10.8. The van der Waals surface area contributed by atoms with Gasteiger partial charge in [0.2, 0.25) is 0 Å². The second-order valence-corrected chi connectivity index (χ2v) is 5.86. The molecule has 6 heteroatoms. The second-order valence-electron chi connectivity index (χ2n) is 4.91. The summed E-state index contributed by atoms with van der Waals surface area (Å²) in [7, 11) is 3.81. The minimum atomic E-state index is 0.000857. The fourth-order valence-electron chi connectivity index (χ4n) is 1.95. The van der Waals surface area contributed by atoms with Gasteiger partial charge in [0.25, 0.3) is 5.91 Å². The van der Waals surface area contributed by atoms with E-state index in [2.05, 4.69) is 27.1 Å². The molecule has 1 amide bonds. The van der Waals surface area contributed by atoms with Gasteiger partial charge >= 0.3 is 0 Å². The Morgan fingerprint density at radius 3 is 2.82 bits per heavy atom. The van der Waals surface area contributed by atoms with Gasteiger partial charge in [-0.05, 0) is 30.7 Å². The third kappa shape index (κ3) is 6.76. The van der Waals surface area contributed by atoms with E-state index in [-0.39, 0.29) is 5.91 Å². The smallest absolute Gasteiger partial charge is 0.261 e. The first-order valence-electron chi connectivity index (χ1n) is 7.53. The van der Waals surface area contributed by atoms with Crippen molar-refractivity contribution in [2.24, 2.45) is 4.99 Å². The Kier molecular flexibility index (Phi) is 8.98. The number of nitrogens with zero attached hydrogens (tertiary/aromatic N) is 2. The molecule has 1 aromatic rings. The topological polar surface area (TPSA) is 56.7 Å². The number of guanidine groups is 1. The molecular formula is C16H26N4OS. The maximum atomic E-state index is 11.8. The monoisotopic (exact) mass is 322 g/mol. The third-order valence-corrected chi connectivity index (χ3v) is 4.01. The molecule has 2 N–H and O–H groups in total. The Balaban J connectivity index is 2.16. The van der Waals surface area contributed by atoms with E-state index in [1.165, 1.54) is 11.3 Å². The highest BCUT2D eigenvalue weighted by Crippen LogP contribution is 2.07. The van der Waals surface area contributed by atoms with Crippen molar-refractivity contribution in [3.8, 4) is 0 Å². The lowest BCUT2D eigenvalue weighted by Crippen LogP contribution is -2.40. The summed E-state index contributed by atoms with van der Waals surface area (Å²) in [5, 5.41) is 8.13. The van der Waals surface area contributed by atoms with Crippen LogP contribution in [0.4, 0.5) is 0 Å². The average molecular weight is 322 g/mol. The molecule has 0 unspecified atom stereocenters. The maximum absolute atomic E-state index is 11.8. The van der Waals surface area contributed by atoms with E-state index >= 15 is 0 Å². The zero-order chi connectivity index (χ0) is 16.2. The first-order valence-corrected chi connectivity index (χ1v) is 8.41. The number of unbranched alkanes of at least 4 members (excludes halogenated alkanes) is 1. The lowest BCUT2D eigenvalue weighted by molar-refractivity contribution is 0.0957. The lowest BCUT2D eigenvalue weighted by atomic mass is 10.3. The Morgan fingerprint density at radius 1 is 1.41 bits per heavy atom. The molecule has 0 aromatic carbocycles. The van der Waals surface area contributed by atoms with Crippen molar-refractivity contribution in [1.82, 2.24) is 15.5 Å². The fraction of sp³-hybridized carbons (Fsp3) is 0.500. The van der Waals surface area contributed by atoms with Gasteiger partial charge in [0.1, 0.15) is 0 Å². The molecule has 0 radical (unpaired) electrons. The van der Waals surface area contributed by atoms with Crippen molar-refractivity contribution in [3.63, 3.8) is 0 Å². The van der Waals surface area contributed by atoms with Crippen LogP contribution in [0.1, 0.15) is 28.9 Å². The average Bonchev–Trinajstić information content (AvgIpc) is 3.05. The Labute approximate surface area is 137 Å². The summed E-state index contributed by atoms with van der Waals surface area (Å²) in [5.74, 6) is 0.884. The van der Waals surface area contributed by atoms with E-state index in [9.17, 15) is 4.79 Å². The summed E-state index contributed by atoms with van der Waals surface area (Å²) in [4.78, 5) is 18.9. The number of carbonyl (C=O) groups excluding carboxylic acids is 1. The molecule has 0 spiro atoms. The number of allylic oxidation sites excluding steroid dienone is 1. The highest BCUT2D eigenvalue weighted by Gasteiger charge is 2.06. The van der Waals surface area contributed by atoms with Gasteiger partial charge < -0.3 is 15.5 Å². The summed E-state index contributed by atoms with van der Waals surface area (Å²) in [6.45, 7) is 6.11. The summed E-state index contributed by atoms with van der Waals surface area (Å²) in [6.07, 6.45) is 4.87. The molecule has 0 aliphatic heterocycles. The molecule has 1 aromatic heterocycles. The highest BCUT2D eigenvalue weighted by molar-refractivity contribution is 7.12. The summed E-state index contributed by atoms with van der Waals surface area (Å²) >= 11 is 1.46. The third-order valence-electron chi connectivity index (χ3n) is 3.14. The minimum absolute atomic E-state index is 0.000857. The SMILES string of the molecule is C=CCCCN(C)C(=NC)NCCCNC(=O)c1cccs1. The summed E-state index contributed by atoms with van der Waals surface area (Å²) in [5.41, 5.74) is 0. The van der Waals surface area contributed by atoms with Crippen LogP contribution in [-0.2, 0) is 0 Å². The number of hydrogen-bond donors (Lipinski definition) is 2. The predicted octanol–water partition coefficient (Wildman–Crippen LogP) is 2.34. The molecule has 0 atom stereocenters. The number of hydrogen-bond acceptors (Lipinski definition) is 3. The van der Waals surface area contributed by atoms with E-state index < -0.39 is 0 Å². The molecular weight excluding hydrogens is 296 g/mol. The Morgan fingerprint density at radius 2 is 2.18 bits per heavy atom. The van der Waals surface area contributed by atoms with Crippen molar-refractivity contribution in [1.29, 1.82) is 0 Å².